The highest BCUT2D eigenvalue weighted by molar-refractivity contribution is 7.91. The van der Waals surface area contributed by atoms with Crippen LogP contribution in [0.25, 0.3) is 0 Å². The summed E-state index contributed by atoms with van der Waals surface area (Å²) in [5.41, 5.74) is -1.77. The molecule has 0 atom stereocenters. The van der Waals surface area contributed by atoms with E-state index in [1.165, 1.54) is 48.5 Å². The summed E-state index contributed by atoms with van der Waals surface area (Å²) in [7, 11) is -4.42. The van der Waals surface area contributed by atoms with Crippen LogP contribution >= 0.6 is 0 Å². The van der Waals surface area contributed by atoms with E-state index in [1.807, 2.05) is 0 Å². The number of carboxylic acids is 2. The average molecular weight is 597 g/mol. The minimum Gasteiger partial charge on any atom is -0.478 e. The van der Waals surface area contributed by atoms with Gasteiger partial charge in [0.15, 0.2) is 0 Å². The Balaban J connectivity index is 1.37. The van der Waals surface area contributed by atoms with Gasteiger partial charge in [0, 0.05) is 0 Å². The van der Waals surface area contributed by atoms with Crippen molar-refractivity contribution < 1.29 is 47.4 Å². The van der Waals surface area contributed by atoms with Gasteiger partial charge in [-0.25, -0.2) is 27.8 Å². The molecule has 0 bridgehead atoms. The Morgan fingerprint density at radius 3 is 1.23 bits per heavy atom. The summed E-state index contributed by atoms with van der Waals surface area (Å²) in [6, 6.07) is 17.2. The number of rotatable bonds is 6. The Morgan fingerprint density at radius 1 is 0.512 bits per heavy atom. The fraction of sp³-hybridized carbons (Fsp3) is 0. The summed E-state index contributed by atoms with van der Waals surface area (Å²) < 4.78 is 27.2. The zero-order valence-electron chi connectivity index (χ0n) is 21.5. The van der Waals surface area contributed by atoms with E-state index in [4.69, 9.17) is 0 Å². The molecule has 0 saturated carbocycles. The molecule has 0 radical (unpaired) electrons. The molecule has 4 amide bonds. The van der Waals surface area contributed by atoms with Crippen LogP contribution in [-0.2, 0) is 9.84 Å². The molecule has 0 aliphatic carbocycles. The third-order valence-corrected chi connectivity index (χ3v) is 8.84. The number of benzene rings is 4. The van der Waals surface area contributed by atoms with Gasteiger partial charge in [-0.05, 0) is 60.7 Å². The van der Waals surface area contributed by atoms with Crippen LogP contribution in [0.15, 0.2) is 94.7 Å². The van der Waals surface area contributed by atoms with Crippen molar-refractivity contribution in [2.75, 3.05) is 9.80 Å². The lowest BCUT2D eigenvalue weighted by Crippen LogP contribution is -2.30. The van der Waals surface area contributed by atoms with Crippen LogP contribution < -0.4 is 9.80 Å². The second-order valence-corrected chi connectivity index (χ2v) is 11.4. The minimum absolute atomic E-state index is 0.133. The van der Waals surface area contributed by atoms with Gasteiger partial charge in [0.05, 0.1) is 54.5 Å². The van der Waals surface area contributed by atoms with Crippen LogP contribution in [0, 0.1) is 0 Å². The first-order valence-corrected chi connectivity index (χ1v) is 13.9. The molecule has 212 valence electrons. The second kappa shape index (κ2) is 9.56. The Labute approximate surface area is 241 Å². The topological polar surface area (TPSA) is 183 Å². The molecule has 2 aliphatic heterocycles. The first-order valence-electron chi connectivity index (χ1n) is 12.4. The zero-order chi connectivity index (χ0) is 30.8. The van der Waals surface area contributed by atoms with Crippen LogP contribution in [0.1, 0.15) is 62.1 Å². The molecule has 12 nitrogen and oxygen atoms in total. The molecule has 2 aliphatic rings. The van der Waals surface area contributed by atoms with Gasteiger partial charge in [-0.15, -0.1) is 0 Å². The molecule has 6 rings (SSSR count). The van der Waals surface area contributed by atoms with E-state index in [0.717, 1.165) is 36.4 Å². The highest BCUT2D eigenvalue weighted by atomic mass is 32.2. The largest absolute Gasteiger partial charge is 0.478 e. The van der Waals surface area contributed by atoms with Crippen molar-refractivity contribution in [2.24, 2.45) is 0 Å². The number of imide groups is 2. The van der Waals surface area contributed by atoms with Gasteiger partial charge in [-0.1, -0.05) is 24.3 Å². The number of hydrogen-bond acceptors (Lipinski definition) is 8. The number of anilines is 2. The summed E-state index contributed by atoms with van der Waals surface area (Å²) >= 11 is 0. The van der Waals surface area contributed by atoms with Crippen molar-refractivity contribution in [3.8, 4) is 0 Å². The number of amides is 4. The summed E-state index contributed by atoms with van der Waals surface area (Å²) in [6.07, 6.45) is 0. The molecular weight excluding hydrogens is 580 g/mol. The fourth-order valence-corrected chi connectivity index (χ4v) is 6.36. The highest BCUT2D eigenvalue weighted by Crippen LogP contribution is 2.36. The van der Waals surface area contributed by atoms with Gasteiger partial charge in [0.25, 0.3) is 23.6 Å². The summed E-state index contributed by atoms with van der Waals surface area (Å²) in [5.74, 6) is -6.25. The molecule has 4 aromatic rings. The first-order chi connectivity index (χ1) is 20.4. The van der Waals surface area contributed by atoms with Crippen molar-refractivity contribution in [3.05, 3.63) is 118 Å². The van der Waals surface area contributed by atoms with Gasteiger partial charge in [0.1, 0.15) is 0 Å². The minimum atomic E-state index is -4.42. The maximum absolute atomic E-state index is 13.6. The number of sulfone groups is 1. The van der Waals surface area contributed by atoms with Crippen molar-refractivity contribution in [2.45, 2.75) is 9.79 Å². The maximum atomic E-state index is 13.6. The Morgan fingerprint density at radius 2 is 0.860 bits per heavy atom. The van der Waals surface area contributed by atoms with Gasteiger partial charge in [-0.2, -0.15) is 0 Å². The third kappa shape index (κ3) is 4.01. The number of aromatic carboxylic acids is 2. The Hall–Kier alpha value is -5.95. The molecule has 0 saturated heterocycles. The van der Waals surface area contributed by atoms with Crippen molar-refractivity contribution in [1.82, 2.24) is 0 Å². The van der Waals surface area contributed by atoms with Crippen molar-refractivity contribution in [3.63, 3.8) is 0 Å². The lowest BCUT2D eigenvalue weighted by molar-refractivity contribution is 0.0686. The van der Waals surface area contributed by atoms with Crippen molar-refractivity contribution in [1.29, 1.82) is 0 Å². The molecule has 0 spiro atoms. The lowest BCUT2D eigenvalue weighted by Gasteiger charge is -2.16. The highest BCUT2D eigenvalue weighted by Gasteiger charge is 2.41. The average Bonchev–Trinajstić information content (AvgIpc) is 3.40. The monoisotopic (exact) mass is 596 g/mol. The SMILES string of the molecule is O=C(O)c1ccccc1N1C(=O)c2ccc(S(=O)(=O)c3ccc4c(c3)C(=O)N(c3ccccc3C(=O)O)C4=O)cc2C1=O. The van der Waals surface area contributed by atoms with Gasteiger partial charge < -0.3 is 10.2 Å². The number of fused-ring (bicyclic) bond motifs is 2. The molecule has 2 N–H and O–H groups in total. The van der Waals surface area contributed by atoms with E-state index < -0.39 is 55.2 Å². The second-order valence-electron chi connectivity index (χ2n) is 9.45. The maximum Gasteiger partial charge on any atom is 0.337 e. The van der Waals surface area contributed by atoms with Gasteiger partial charge in [0.2, 0.25) is 9.84 Å². The first kappa shape index (κ1) is 27.2. The molecule has 4 aromatic carbocycles. The van der Waals surface area contributed by atoms with Crippen LogP contribution in [0.5, 0.6) is 0 Å². The molecule has 2 heterocycles. The lowest BCUT2D eigenvalue weighted by atomic mass is 10.1. The number of carboxylic acid groups (broad SMARTS) is 2. The van der Waals surface area contributed by atoms with E-state index in [2.05, 4.69) is 0 Å². The number of hydrogen-bond donors (Lipinski definition) is 2. The van der Waals surface area contributed by atoms with Crippen LogP contribution in [0.4, 0.5) is 11.4 Å². The quantitative estimate of drug-likeness (QED) is 0.312. The Bertz CT molecular complexity index is 1960. The van der Waals surface area contributed by atoms with E-state index in [9.17, 15) is 47.4 Å². The number of nitrogens with zero attached hydrogens (tertiary/aromatic N) is 2. The predicted octanol–water partition coefficient (Wildman–Crippen LogP) is 3.52. The predicted molar refractivity (Wildman–Crippen MR) is 147 cm³/mol. The van der Waals surface area contributed by atoms with E-state index >= 15 is 0 Å². The van der Waals surface area contributed by atoms with Crippen LogP contribution in [0.2, 0.25) is 0 Å². The number of para-hydroxylation sites is 2. The number of carbonyl (C=O) groups is 6. The fourth-order valence-electron chi connectivity index (χ4n) is 5.05. The van der Waals surface area contributed by atoms with Crippen molar-refractivity contribution >= 4 is 56.8 Å². The van der Waals surface area contributed by atoms with Crippen LogP contribution in [0.3, 0.4) is 0 Å². The van der Waals surface area contributed by atoms with Crippen LogP contribution in [-0.4, -0.2) is 54.2 Å². The zero-order valence-corrected chi connectivity index (χ0v) is 22.4. The smallest absolute Gasteiger partial charge is 0.337 e. The normalized spacial score (nSPS) is 14.2. The molecule has 43 heavy (non-hydrogen) atoms. The third-order valence-electron chi connectivity index (χ3n) is 7.09. The summed E-state index contributed by atoms with van der Waals surface area (Å²) in [5, 5.41) is 19.0. The van der Waals surface area contributed by atoms with E-state index in [-0.39, 0.29) is 44.8 Å². The summed E-state index contributed by atoms with van der Waals surface area (Å²) in [4.78, 5) is 76.6. The summed E-state index contributed by atoms with van der Waals surface area (Å²) in [6.45, 7) is 0. The van der Waals surface area contributed by atoms with E-state index in [0.29, 0.717) is 9.80 Å². The molecule has 0 fully saturated rings. The molecule has 0 unspecified atom stereocenters. The number of carbonyl (C=O) groups excluding carboxylic acids is 4. The molecule has 0 aromatic heterocycles. The molecular formula is C30H16N2O10S. The Kier molecular flexibility index (Phi) is 6.06. The standard InChI is InChI=1S/C30H16N2O10S/c33-25-17-11-9-15(13-21(17)27(35)31(25)23-7-3-1-5-19(23)29(37)38)43(41,42)16-10-12-18-22(14-16)28(36)32(26(18)34)24-8-4-2-6-20(24)30(39)40/h1-14H,(H,37,38)(H,39,40). The van der Waals surface area contributed by atoms with Gasteiger partial charge >= 0.3 is 11.9 Å². The van der Waals surface area contributed by atoms with E-state index in [1.54, 1.807) is 0 Å². The van der Waals surface area contributed by atoms with Gasteiger partial charge in [-0.3, -0.25) is 19.2 Å². The molecule has 13 heteroatoms.